The van der Waals surface area contributed by atoms with Crippen molar-refractivity contribution >= 4 is 28.8 Å². The molecular formula is C17H15ClFNOS. The van der Waals surface area contributed by atoms with Crippen molar-refractivity contribution in [3.8, 4) is 0 Å². The summed E-state index contributed by atoms with van der Waals surface area (Å²) in [7, 11) is 0. The van der Waals surface area contributed by atoms with Crippen molar-refractivity contribution in [1.29, 1.82) is 0 Å². The SMILES string of the molecule is C=CC(=O)N1Cc2sc(Cl)c(F)c2[C@@H](c2ccccc2C)C1. The van der Waals surface area contributed by atoms with Gasteiger partial charge >= 0.3 is 0 Å². The molecule has 0 radical (unpaired) electrons. The number of amides is 1. The van der Waals surface area contributed by atoms with E-state index in [1.165, 1.54) is 17.4 Å². The molecule has 0 unspecified atom stereocenters. The van der Waals surface area contributed by atoms with Gasteiger partial charge in [-0.05, 0) is 24.1 Å². The van der Waals surface area contributed by atoms with Crippen molar-refractivity contribution in [1.82, 2.24) is 4.90 Å². The molecule has 1 atom stereocenters. The van der Waals surface area contributed by atoms with Gasteiger partial charge in [0.1, 0.15) is 4.34 Å². The second-order valence-corrected chi connectivity index (χ2v) is 7.07. The van der Waals surface area contributed by atoms with Crippen LogP contribution in [-0.4, -0.2) is 17.4 Å². The Morgan fingerprint density at radius 2 is 2.23 bits per heavy atom. The Kier molecular flexibility index (Phi) is 4.06. The molecule has 5 heteroatoms. The third kappa shape index (κ3) is 2.46. The van der Waals surface area contributed by atoms with Gasteiger partial charge in [-0.3, -0.25) is 4.79 Å². The summed E-state index contributed by atoms with van der Waals surface area (Å²) in [5, 5.41) is 0. The van der Waals surface area contributed by atoms with E-state index in [4.69, 9.17) is 11.6 Å². The molecule has 3 rings (SSSR count). The van der Waals surface area contributed by atoms with E-state index in [1.54, 1.807) is 4.90 Å². The van der Waals surface area contributed by atoms with Gasteiger partial charge < -0.3 is 4.90 Å². The molecule has 0 saturated carbocycles. The predicted octanol–water partition coefficient (Wildman–Crippen LogP) is 4.51. The molecule has 0 saturated heterocycles. The Balaban J connectivity index is 2.14. The summed E-state index contributed by atoms with van der Waals surface area (Å²) < 4.78 is 14.6. The third-order valence-electron chi connectivity index (χ3n) is 4.06. The molecule has 1 amide bonds. The van der Waals surface area contributed by atoms with Crippen LogP contribution in [-0.2, 0) is 11.3 Å². The highest BCUT2D eigenvalue weighted by molar-refractivity contribution is 7.16. The first-order valence-corrected chi connectivity index (χ1v) is 8.15. The lowest BCUT2D eigenvalue weighted by atomic mass is 9.86. The van der Waals surface area contributed by atoms with E-state index in [1.807, 2.05) is 31.2 Å². The normalized spacial score (nSPS) is 17.2. The van der Waals surface area contributed by atoms with E-state index >= 15 is 0 Å². The smallest absolute Gasteiger partial charge is 0.246 e. The van der Waals surface area contributed by atoms with Crippen LogP contribution in [0.5, 0.6) is 0 Å². The minimum Gasteiger partial charge on any atom is -0.333 e. The molecule has 1 aliphatic heterocycles. The largest absolute Gasteiger partial charge is 0.333 e. The van der Waals surface area contributed by atoms with Crippen LogP contribution < -0.4 is 0 Å². The van der Waals surface area contributed by atoms with Crippen molar-refractivity contribution in [3.63, 3.8) is 0 Å². The number of benzene rings is 1. The average Bonchev–Trinajstić information content (AvgIpc) is 2.81. The zero-order valence-electron chi connectivity index (χ0n) is 12.1. The van der Waals surface area contributed by atoms with E-state index in [9.17, 15) is 9.18 Å². The Labute approximate surface area is 137 Å². The van der Waals surface area contributed by atoms with Gasteiger partial charge in [0, 0.05) is 22.9 Å². The van der Waals surface area contributed by atoms with E-state index in [0.29, 0.717) is 18.7 Å². The quantitative estimate of drug-likeness (QED) is 0.739. The summed E-state index contributed by atoms with van der Waals surface area (Å²) in [5.74, 6) is -0.688. The standard InChI is InChI=1S/C17H15ClFNOS/c1-3-14(21)20-8-12(11-7-5-4-6-10(11)2)15-13(9-20)22-17(18)16(15)19/h3-7,12H,1,8-9H2,2H3/t12-/m1/s1. The van der Waals surface area contributed by atoms with Crippen LogP contribution >= 0.6 is 22.9 Å². The fraction of sp³-hybridized carbons (Fsp3) is 0.235. The number of nitrogens with zero attached hydrogens (tertiary/aromatic N) is 1. The Hall–Kier alpha value is -1.65. The highest BCUT2D eigenvalue weighted by atomic mass is 35.5. The number of fused-ring (bicyclic) bond motifs is 1. The maximum Gasteiger partial charge on any atom is 0.246 e. The molecule has 114 valence electrons. The van der Waals surface area contributed by atoms with Crippen molar-refractivity contribution in [2.75, 3.05) is 6.54 Å². The zero-order valence-corrected chi connectivity index (χ0v) is 13.7. The molecule has 1 aromatic carbocycles. The van der Waals surface area contributed by atoms with E-state index < -0.39 is 0 Å². The second-order valence-electron chi connectivity index (χ2n) is 5.36. The fourth-order valence-corrected chi connectivity index (χ4v) is 4.34. The number of halogens is 2. The number of hydrogen-bond acceptors (Lipinski definition) is 2. The lowest BCUT2D eigenvalue weighted by molar-refractivity contribution is -0.127. The highest BCUT2D eigenvalue weighted by Crippen LogP contribution is 2.43. The monoisotopic (exact) mass is 335 g/mol. The summed E-state index contributed by atoms with van der Waals surface area (Å²) in [6, 6.07) is 7.86. The first-order chi connectivity index (χ1) is 10.5. The summed E-state index contributed by atoms with van der Waals surface area (Å²) in [6.45, 7) is 6.36. The number of carbonyl (C=O) groups is 1. The zero-order chi connectivity index (χ0) is 15.9. The predicted molar refractivity (Wildman–Crippen MR) is 87.9 cm³/mol. The van der Waals surface area contributed by atoms with E-state index in [-0.39, 0.29) is 22.0 Å². The second kappa shape index (κ2) is 5.86. The number of aryl methyl sites for hydroxylation is 1. The molecule has 22 heavy (non-hydrogen) atoms. The van der Waals surface area contributed by atoms with Gasteiger partial charge in [-0.2, -0.15) is 0 Å². The minimum atomic E-state index is -0.347. The Bertz CT molecular complexity index is 755. The Morgan fingerprint density at radius 1 is 1.50 bits per heavy atom. The molecular weight excluding hydrogens is 321 g/mol. The summed E-state index contributed by atoms with van der Waals surface area (Å²) in [5.41, 5.74) is 2.74. The maximum absolute atomic E-state index is 14.5. The fourth-order valence-electron chi connectivity index (χ4n) is 2.98. The minimum absolute atomic E-state index is 0.144. The molecule has 0 spiro atoms. The number of carbonyl (C=O) groups excluding carboxylic acids is 1. The van der Waals surface area contributed by atoms with Crippen molar-refractivity contribution in [3.05, 3.63) is 68.6 Å². The molecule has 2 nitrogen and oxygen atoms in total. The van der Waals surface area contributed by atoms with Gasteiger partial charge in [0.05, 0.1) is 6.54 Å². The van der Waals surface area contributed by atoms with Crippen LogP contribution in [0.3, 0.4) is 0 Å². The summed E-state index contributed by atoms with van der Waals surface area (Å²) >= 11 is 7.21. The van der Waals surface area contributed by atoms with Crippen molar-refractivity contribution in [2.45, 2.75) is 19.4 Å². The summed E-state index contributed by atoms with van der Waals surface area (Å²) in [6.07, 6.45) is 1.30. The number of hydrogen-bond donors (Lipinski definition) is 0. The number of thiophene rings is 1. The summed E-state index contributed by atoms with van der Waals surface area (Å²) in [4.78, 5) is 14.5. The van der Waals surface area contributed by atoms with Gasteiger partial charge in [-0.25, -0.2) is 4.39 Å². The topological polar surface area (TPSA) is 20.3 Å². The molecule has 0 N–H and O–H groups in total. The van der Waals surface area contributed by atoms with Gasteiger partial charge in [0.25, 0.3) is 0 Å². The first kappa shape index (κ1) is 15.3. The molecule has 2 aromatic rings. The van der Waals surface area contributed by atoms with Crippen LogP contribution in [0.2, 0.25) is 4.34 Å². The highest BCUT2D eigenvalue weighted by Gasteiger charge is 2.34. The van der Waals surface area contributed by atoms with Gasteiger partial charge in [0.2, 0.25) is 5.91 Å². The lowest BCUT2D eigenvalue weighted by Crippen LogP contribution is -2.37. The van der Waals surface area contributed by atoms with Crippen molar-refractivity contribution in [2.24, 2.45) is 0 Å². The number of rotatable bonds is 2. The van der Waals surface area contributed by atoms with E-state index in [2.05, 4.69) is 6.58 Å². The van der Waals surface area contributed by atoms with Crippen LogP contribution in [0.1, 0.15) is 27.5 Å². The third-order valence-corrected chi connectivity index (χ3v) is 5.41. The molecule has 1 aliphatic rings. The Morgan fingerprint density at radius 3 is 2.91 bits per heavy atom. The van der Waals surface area contributed by atoms with Crippen LogP contribution in [0.15, 0.2) is 36.9 Å². The van der Waals surface area contributed by atoms with Crippen molar-refractivity contribution < 1.29 is 9.18 Å². The molecule has 2 heterocycles. The molecule has 0 fully saturated rings. The van der Waals surface area contributed by atoms with Crippen LogP contribution in [0, 0.1) is 12.7 Å². The van der Waals surface area contributed by atoms with Gasteiger partial charge in [0.15, 0.2) is 5.82 Å². The maximum atomic E-state index is 14.5. The van der Waals surface area contributed by atoms with Crippen LogP contribution in [0.4, 0.5) is 4.39 Å². The van der Waals surface area contributed by atoms with Gasteiger partial charge in [-0.15, -0.1) is 11.3 Å². The molecule has 1 aromatic heterocycles. The molecule has 0 bridgehead atoms. The first-order valence-electron chi connectivity index (χ1n) is 6.96. The van der Waals surface area contributed by atoms with E-state index in [0.717, 1.165) is 16.0 Å². The van der Waals surface area contributed by atoms with Crippen LogP contribution in [0.25, 0.3) is 0 Å². The average molecular weight is 336 g/mol. The lowest BCUT2D eigenvalue weighted by Gasteiger charge is -2.33. The van der Waals surface area contributed by atoms with Gasteiger partial charge in [-0.1, -0.05) is 42.4 Å². The molecule has 0 aliphatic carbocycles.